The molecule has 4 aromatic heterocycles. The number of hydrogen-bond donors (Lipinski definition) is 1. The summed E-state index contributed by atoms with van der Waals surface area (Å²) in [5, 5.41) is 10.2. The molecule has 0 aliphatic heterocycles. The molecule has 0 bridgehead atoms. The average Bonchev–Trinajstić information content (AvgIpc) is 4.12. The monoisotopic (exact) mass is 944 g/mol. The van der Waals surface area contributed by atoms with Crippen LogP contribution < -0.4 is 0 Å². The van der Waals surface area contributed by atoms with Crippen LogP contribution in [0.2, 0.25) is 0 Å². The number of rotatable bonds is 3. The second-order valence-electron chi connectivity index (χ2n) is 16.3. The van der Waals surface area contributed by atoms with Gasteiger partial charge in [0, 0.05) is 69.2 Å². The van der Waals surface area contributed by atoms with Gasteiger partial charge in [-0.15, -0.1) is 0 Å². The largest absolute Gasteiger partial charge is 0.353 e. The highest BCUT2D eigenvalue weighted by molar-refractivity contribution is 14.1. The number of para-hydroxylation sites is 7. The number of nitrogens with one attached hydrogen (secondary N) is 1. The first-order chi connectivity index (χ1) is 32.2. The number of aromatic nitrogens is 4. The van der Waals surface area contributed by atoms with Gasteiger partial charge in [0.15, 0.2) is 0 Å². The van der Waals surface area contributed by atoms with E-state index in [9.17, 15) is 0 Å². The SMILES string of the molecule is Ic1ccccc1.c1ccc(-n2c3ccccc3c3ccc4c5ccccc5[nH]c4c32)cc1.c1ccc(-n2c3ccccc3c3ccc4c5ccccc5n(-c5ccccc5)c4c32)cc1. The minimum Gasteiger partial charge on any atom is -0.353 e. The van der Waals surface area contributed by atoms with Gasteiger partial charge in [0.05, 0.1) is 38.6 Å². The van der Waals surface area contributed by atoms with E-state index < -0.39 is 0 Å². The van der Waals surface area contributed by atoms with Crippen LogP contribution in [0.1, 0.15) is 0 Å². The zero-order valence-corrected chi connectivity index (χ0v) is 37.5. The van der Waals surface area contributed by atoms with Crippen molar-refractivity contribution in [2.75, 3.05) is 0 Å². The molecule has 0 saturated heterocycles. The van der Waals surface area contributed by atoms with Crippen LogP contribution in [0.5, 0.6) is 0 Å². The lowest BCUT2D eigenvalue weighted by atomic mass is 10.1. The highest BCUT2D eigenvalue weighted by Gasteiger charge is 2.21. The first kappa shape index (κ1) is 38.8. The Kier molecular flexibility index (Phi) is 9.76. The van der Waals surface area contributed by atoms with Gasteiger partial charge in [0.1, 0.15) is 0 Å². The minimum absolute atomic E-state index is 1.18. The average molecular weight is 945 g/mol. The third-order valence-electron chi connectivity index (χ3n) is 12.6. The summed E-state index contributed by atoms with van der Waals surface area (Å²) < 4.78 is 8.51. The van der Waals surface area contributed by atoms with Crippen molar-refractivity contribution < 1.29 is 0 Å². The van der Waals surface area contributed by atoms with Crippen molar-refractivity contribution in [3.63, 3.8) is 0 Å². The Morgan fingerprint density at radius 2 is 0.585 bits per heavy atom. The van der Waals surface area contributed by atoms with Gasteiger partial charge >= 0.3 is 0 Å². The summed E-state index contributed by atoms with van der Waals surface area (Å²) in [6.07, 6.45) is 0. The molecule has 0 aliphatic rings. The quantitative estimate of drug-likeness (QED) is 0.171. The summed E-state index contributed by atoms with van der Waals surface area (Å²) in [5.74, 6) is 0. The number of nitrogens with zero attached hydrogens (tertiary/aromatic N) is 3. The fourth-order valence-corrected chi connectivity index (χ4v) is 10.2. The maximum Gasteiger partial charge on any atom is 0.0788 e. The zero-order chi connectivity index (χ0) is 43.3. The van der Waals surface area contributed by atoms with E-state index >= 15 is 0 Å². The molecule has 4 nitrogen and oxygen atoms in total. The molecule has 0 radical (unpaired) electrons. The summed E-state index contributed by atoms with van der Waals surface area (Å²) >= 11 is 2.28. The third-order valence-corrected chi connectivity index (χ3v) is 13.3. The Balaban J connectivity index is 0.000000121. The Morgan fingerprint density at radius 3 is 1.00 bits per heavy atom. The Hall–Kier alpha value is -7.87. The van der Waals surface area contributed by atoms with Gasteiger partial charge < -0.3 is 18.7 Å². The molecule has 10 aromatic carbocycles. The molecule has 5 heteroatoms. The van der Waals surface area contributed by atoms with E-state index in [0.29, 0.717) is 0 Å². The van der Waals surface area contributed by atoms with Crippen molar-refractivity contribution in [1.82, 2.24) is 18.7 Å². The number of aromatic amines is 1. The van der Waals surface area contributed by atoms with Crippen LogP contribution >= 0.6 is 22.6 Å². The normalized spacial score (nSPS) is 11.5. The summed E-state index contributed by atoms with van der Waals surface area (Å²) in [6.45, 7) is 0. The van der Waals surface area contributed by atoms with E-state index in [1.807, 2.05) is 18.2 Å². The van der Waals surface area contributed by atoms with Gasteiger partial charge in [-0.2, -0.15) is 0 Å². The lowest BCUT2D eigenvalue weighted by Crippen LogP contribution is -1.98. The zero-order valence-electron chi connectivity index (χ0n) is 35.3. The van der Waals surface area contributed by atoms with Crippen molar-refractivity contribution in [2.45, 2.75) is 0 Å². The van der Waals surface area contributed by atoms with Gasteiger partial charge in [-0.3, -0.25) is 0 Å². The number of fused-ring (bicyclic) bond motifs is 14. The molecule has 0 fully saturated rings. The fourth-order valence-electron chi connectivity index (χ4n) is 9.82. The van der Waals surface area contributed by atoms with Crippen molar-refractivity contribution >= 4 is 110 Å². The predicted molar refractivity (Wildman–Crippen MR) is 284 cm³/mol. The molecule has 0 saturated carbocycles. The van der Waals surface area contributed by atoms with E-state index in [1.54, 1.807) is 0 Å². The van der Waals surface area contributed by atoms with Crippen LogP contribution in [0, 0.1) is 3.57 Å². The van der Waals surface area contributed by atoms with Crippen LogP contribution in [0.15, 0.2) is 243 Å². The van der Waals surface area contributed by atoms with Gasteiger partial charge in [0.2, 0.25) is 0 Å². The van der Waals surface area contributed by atoms with E-state index in [4.69, 9.17) is 0 Å². The molecule has 0 unspecified atom stereocenters. The molecule has 14 aromatic rings. The van der Waals surface area contributed by atoms with Gasteiger partial charge in [-0.1, -0.05) is 170 Å². The topological polar surface area (TPSA) is 30.6 Å². The summed E-state index contributed by atoms with van der Waals surface area (Å²) in [7, 11) is 0. The highest BCUT2D eigenvalue weighted by Crippen LogP contribution is 2.42. The molecule has 0 aliphatic carbocycles. The fraction of sp³-hybridized carbons (Fsp3) is 0. The molecule has 1 N–H and O–H groups in total. The molecule has 0 atom stereocenters. The molecular formula is C60H41IN4. The molecule has 65 heavy (non-hydrogen) atoms. The minimum atomic E-state index is 1.18. The van der Waals surface area contributed by atoms with Crippen LogP contribution in [0.25, 0.3) is 104 Å². The number of hydrogen-bond acceptors (Lipinski definition) is 0. The third kappa shape index (κ3) is 6.58. The number of H-pyrrole nitrogens is 1. The molecule has 14 rings (SSSR count). The first-order valence-corrected chi connectivity index (χ1v) is 23.1. The summed E-state index contributed by atoms with van der Waals surface area (Å²) in [4.78, 5) is 3.67. The lowest BCUT2D eigenvalue weighted by molar-refractivity contribution is 1.15. The van der Waals surface area contributed by atoms with Crippen molar-refractivity contribution in [1.29, 1.82) is 0 Å². The Bertz CT molecular complexity index is 3860. The second-order valence-corrected chi connectivity index (χ2v) is 17.5. The summed E-state index contributed by atoms with van der Waals surface area (Å²) in [5.41, 5.74) is 13.3. The Labute approximate surface area is 389 Å². The van der Waals surface area contributed by atoms with Crippen LogP contribution in [0.3, 0.4) is 0 Å². The maximum absolute atomic E-state index is 3.67. The van der Waals surface area contributed by atoms with E-state index in [-0.39, 0.29) is 0 Å². The molecule has 308 valence electrons. The van der Waals surface area contributed by atoms with Gasteiger partial charge in [-0.25, -0.2) is 0 Å². The lowest BCUT2D eigenvalue weighted by Gasteiger charge is -2.12. The first-order valence-electron chi connectivity index (χ1n) is 22.0. The van der Waals surface area contributed by atoms with Crippen LogP contribution in [-0.4, -0.2) is 18.7 Å². The van der Waals surface area contributed by atoms with Crippen molar-refractivity contribution in [2.24, 2.45) is 0 Å². The molecule has 0 amide bonds. The van der Waals surface area contributed by atoms with E-state index in [1.165, 1.54) is 108 Å². The number of benzene rings is 10. The molecule has 0 spiro atoms. The van der Waals surface area contributed by atoms with E-state index in [2.05, 4.69) is 266 Å². The summed E-state index contributed by atoms with van der Waals surface area (Å²) in [6, 6.07) is 85.9. The van der Waals surface area contributed by atoms with Crippen molar-refractivity contribution in [3.8, 4) is 17.1 Å². The number of halogens is 1. The van der Waals surface area contributed by atoms with Crippen LogP contribution in [-0.2, 0) is 0 Å². The molecular weight excluding hydrogens is 904 g/mol. The highest BCUT2D eigenvalue weighted by atomic mass is 127. The maximum atomic E-state index is 3.67. The van der Waals surface area contributed by atoms with Crippen LogP contribution in [0.4, 0.5) is 0 Å². The predicted octanol–water partition coefficient (Wildman–Crippen LogP) is 16.6. The smallest absolute Gasteiger partial charge is 0.0788 e. The molecule has 4 heterocycles. The van der Waals surface area contributed by atoms with E-state index in [0.717, 1.165) is 0 Å². The van der Waals surface area contributed by atoms with Gasteiger partial charge in [-0.05, 0) is 95.4 Å². The van der Waals surface area contributed by atoms with Gasteiger partial charge in [0.25, 0.3) is 0 Å². The standard InChI is InChI=1S/C30H20N2.C24H16N2.C6H5I/c1-3-11-21(12-4-1)31-27-17-9-7-15-23(27)25-19-20-26-24-16-8-10-18-28(24)32(30(26)29(25)31)22-13-5-2-6-14-22;1-2-8-16(9-3-1)26-22-13-7-5-11-18(22)20-15-14-19-17-10-4-6-12-21(17)25-23(19)24(20)26;7-6-4-2-1-3-5-6/h1-20H;1-15,25H;1-5H. The Morgan fingerprint density at radius 1 is 0.262 bits per heavy atom. The van der Waals surface area contributed by atoms with Crippen molar-refractivity contribution in [3.05, 3.63) is 246 Å². The second kappa shape index (κ2) is 16.4.